The maximum absolute atomic E-state index is 13.8. The second-order valence-electron chi connectivity index (χ2n) is 5.90. The Morgan fingerprint density at radius 3 is 2.83 bits per heavy atom. The molecule has 1 aliphatic rings. The lowest BCUT2D eigenvalue weighted by atomic mass is 9.94. The Morgan fingerprint density at radius 2 is 2.13 bits per heavy atom. The SMILES string of the molecule is CC[S@@](=O)[C@H]1CCCC[C@@H]1NC(=O)CCc1ccc(Br)cc1F. The molecule has 1 amide bonds. The van der Waals surface area contributed by atoms with Crippen LogP contribution in [0.25, 0.3) is 0 Å². The molecular weight excluding hydrogens is 381 g/mol. The molecule has 1 aromatic rings. The van der Waals surface area contributed by atoms with Crippen LogP contribution in [-0.2, 0) is 22.0 Å². The molecule has 1 aliphatic carbocycles. The molecule has 1 saturated carbocycles. The van der Waals surface area contributed by atoms with Crippen LogP contribution in [0.1, 0.15) is 44.6 Å². The number of nitrogens with one attached hydrogen (secondary N) is 1. The highest BCUT2D eigenvalue weighted by molar-refractivity contribution is 9.10. The average Bonchev–Trinajstić information content (AvgIpc) is 2.54. The number of carbonyl (C=O) groups excluding carboxylic acids is 1. The van der Waals surface area contributed by atoms with Gasteiger partial charge in [-0.2, -0.15) is 0 Å². The lowest BCUT2D eigenvalue weighted by molar-refractivity contribution is -0.121. The average molecular weight is 404 g/mol. The molecule has 0 unspecified atom stereocenters. The lowest BCUT2D eigenvalue weighted by Gasteiger charge is -2.31. The van der Waals surface area contributed by atoms with Crippen molar-refractivity contribution in [2.75, 3.05) is 5.75 Å². The summed E-state index contributed by atoms with van der Waals surface area (Å²) in [5, 5.41) is 3.08. The van der Waals surface area contributed by atoms with Crippen LogP contribution in [0.4, 0.5) is 4.39 Å². The van der Waals surface area contributed by atoms with Crippen molar-refractivity contribution in [2.45, 2.75) is 56.7 Å². The molecule has 3 nitrogen and oxygen atoms in total. The van der Waals surface area contributed by atoms with Gasteiger partial charge in [0, 0.05) is 33.5 Å². The third-order valence-corrected chi connectivity index (χ3v) is 6.61. The number of halogens is 2. The van der Waals surface area contributed by atoms with Crippen LogP contribution in [0.3, 0.4) is 0 Å². The number of rotatable bonds is 6. The van der Waals surface area contributed by atoms with E-state index in [2.05, 4.69) is 21.2 Å². The third-order valence-electron chi connectivity index (χ3n) is 4.31. The van der Waals surface area contributed by atoms with E-state index in [4.69, 9.17) is 0 Å². The molecule has 1 aromatic carbocycles. The van der Waals surface area contributed by atoms with Gasteiger partial charge in [0.1, 0.15) is 5.82 Å². The second-order valence-corrected chi connectivity index (χ2v) is 8.76. The molecule has 0 aromatic heterocycles. The fraction of sp³-hybridized carbons (Fsp3) is 0.588. The van der Waals surface area contributed by atoms with Crippen LogP contribution in [-0.4, -0.2) is 27.2 Å². The van der Waals surface area contributed by atoms with Gasteiger partial charge in [-0.15, -0.1) is 0 Å². The summed E-state index contributed by atoms with van der Waals surface area (Å²) in [4.78, 5) is 12.2. The van der Waals surface area contributed by atoms with E-state index in [1.165, 1.54) is 6.07 Å². The molecule has 0 radical (unpaired) electrons. The van der Waals surface area contributed by atoms with Gasteiger partial charge in [-0.3, -0.25) is 9.00 Å². The summed E-state index contributed by atoms with van der Waals surface area (Å²) in [6.45, 7) is 1.92. The molecule has 1 N–H and O–H groups in total. The minimum absolute atomic E-state index is 0.00759. The van der Waals surface area contributed by atoms with Gasteiger partial charge in [-0.1, -0.05) is 41.8 Å². The Kier molecular flexibility index (Phi) is 7.21. The molecule has 128 valence electrons. The van der Waals surface area contributed by atoms with E-state index in [1.54, 1.807) is 12.1 Å². The number of amides is 1. The van der Waals surface area contributed by atoms with Crippen LogP contribution in [0.2, 0.25) is 0 Å². The van der Waals surface area contributed by atoms with Gasteiger partial charge in [-0.25, -0.2) is 4.39 Å². The fourth-order valence-corrected chi connectivity index (χ4v) is 4.80. The van der Waals surface area contributed by atoms with Crippen LogP contribution in [0.5, 0.6) is 0 Å². The smallest absolute Gasteiger partial charge is 0.220 e. The first kappa shape index (κ1) is 18.6. The van der Waals surface area contributed by atoms with Gasteiger partial charge >= 0.3 is 0 Å². The van der Waals surface area contributed by atoms with E-state index < -0.39 is 10.8 Å². The van der Waals surface area contributed by atoms with Crippen LogP contribution in [0, 0.1) is 5.82 Å². The predicted octanol–water partition coefficient (Wildman–Crippen LogP) is 3.72. The summed E-state index contributed by atoms with van der Waals surface area (Å²) < 4.78 is 26.6. The number of hydrogen-bond acceptors (Lipinski definition) is 2. The van der Waals surface area contributed by atoms with Crippen molar-refractivity contribution in [3.8, 4) is 0 Å². The Labute approximate surface area is 148 Å². The van der Waals surface area contributed by atoms with E-state index in [1.807, 2.05) is 6.92 Å². The summed E-state index contributed by atoms with van der Waals surface area (Å²) in [5.74, 6) is 0.244. The fourth-order valence-electron chi connectivity index (χ4n) is 3.04. The molecule has 0 spiro atoms. The predicted molar refractivity (Wildman–Crippen MR) is 95.3 cm³/mol. The van der Waals surface area contributed by atoms with Crippen LogP contribution < -0.4 is 5.32 Å². The van der Waals surface area contributed by atoms with E-state index in [-0.39, 0.29) is 29.4 Å². The van der Waals surface area contributed by atoms with E-state index >= 15 is 0 Å². The largest absolute Gasteiger partial charge is 0.352 e. The van der Waals surface area contributed by atoms with Gasteiger partial charge in [-0.05, 0) is 37.0 Å². The molecule has 6 heteroatoms. The van der Waals surface area contributed by atoms with E-state index in [0.717, 1.165) is 25.7 Å². The highest BCUT2D eigenvalue weighted by atomic mass is 79.9. The molecule has 0 heterocycles. The summed E-state index contributed by atoms with van der Waals surface area (Å²) in [6.07, 6.45) is 4.55. The molecular formula is C17H23BrFNO2S. The van der Waals surface area contributed by atoms with Crippen molar-refractivity contribution >= 4 is 32.6 Å². The lowest BCUT2D eigenvalue weighted by Crippen LogP contribution is -2.47. The summed E-state index contributed by atoms with van der Waals surface area (Å²) >= 11 is 3.22. The first-order valence-corrected chi connectivity index (χ1v) is 10.3. The number of benzene rings is 1. The molecule has 1 fully saturated rings. The minimum atomic E-state index is -0.886. The zero-order valence-corrected chi connectivity index (χ0v) is 15.7. The Balaban J connectivity index is 1.89. The van der Waals surface area contributed by atoms with Crippen molar-refractivity contribution in [1.82, 2.24) is 5.32 Å². The first-order valence-electron chi connectivity index (χ1n) is 8.11. The quantitative estimate of drug-likeness (QED) is 0.786. The second kappa shape index (κ2) is 8.92. The van der Waals surface area contributed by atoms with E-state index in [0.29, 0.717) is 22.2 Å². The van der Waals surface area contributed by atoms with Gasteiger partial charge in [0.15, 0.2) is 0 Å². The number of hydrogen-bond donors (Lipinski definition) is 1. The topological polar surface area (TPSA) is 46.2 Å². The van der Waals surface area contributed by atoms with Gasteiger partial charge < -0.3 is 5.32 Å². The van der Waals surface area contributed by atoms with Gasteiger partial charge in [0.05, 0.1) is 5.25 Å². The summed E-state index contributed by atoms with van der Waals surface area (Å²) in [6, 6.07) is 4.88. The van der Waals surface area contributed by atoms with Crippen LogP contribution >= 0.6 is 15.9 Å². The normalized spacial score (nSPS) is 22.6. The maximum Gasteiger partial charge on any atom is 0.220 e. The number of aryl methyl sites for hydroxylation is 1. The minimum Gasteiger partial charge on any atom is -0.352 e. The molecule has 3 atom stereocenters. The monoisotopic (exact) mass is 403 g/mol. The molecule has 23 heavy (non-hydrogen) atoms. The third kappa shape index (κ3) is 5.38. The molecule has 0 aliphatic heterocycles. The van der Waals surface area contributed by atoms with Crippen molar-refractivity contribution in [3.63, 3.8) is 0 Å². The maximum atomic E-state index is 13.8. The Morgan fingerprint density at radius 1 is 1.39 bits per heavy atom. The van der Waals surface area contributed by atoms with Crippen molar-refractivity contribution in [3.05, 3.63) is 34.1 Å². The van der Waals surface area contributed by atoms with E-state index in [9.17, 15) is 13.4 Å². The van der Waals surface area contributed by atoms with Crippen LogP contribution in [0.15, 0.2) is 22.7 Å². The molecule has 2 rings (SSSR count). The first-order chi connectivity index (χ1) is 11.0. The summed E-state index contributed by atoms with van der Waals surface area (Å²) in [5.41, 5.74) is 0.542. The zero-order chi connectivity index (χ0) is 16.8. The zero-order valence-electron chi connectivity index (χ0n) is 13.3. The highest BCUT2D eigenvalue weighted by Gasteiger charge is 2.30. The van der Waals surface area contributed by atoms with Gasteiger partial charge in [0.2, 0.25) is 5.91 Å². The highest BCUT2D eigenvalue weighted by Crippen LogP contribution is 2.23. The van der Waals surface area contributed by atoms with Crippen molar-refractivity contribution in [1.29, 1.82) is 0 Å². The molecule has 0 bridgehead atoms. The number of carbonyl (C=O) groups is 1. The van der Waals surface area contributed by atoms with Crippen molar-refractivity contribution < 1.29 is 13.4 Å². The van der Waals surface area contributed by atoms with Gasteiger partial charge in [0.25, 0.3) is 0 Å². The van der Waals surface area contributed by atoms with Crippen molar-refractivity contribution in [2.24, 2.45) is 0 Å². The Bertz CT molecular complexity index is 582. The summed E-state index contributed by atoms with van der Waals surface area (Å²) in [7, 11) is -0.886. The Hall–Kier alpha value is -0.750. The standard InChI is InChI=1S/C17H23BrFNO2S/c1-2-23(22)16-6-4-3-5-15(16)20-17(21)10-8-12-7-9-13(18)11-14(12)19/h7,9,11,15-16H,2-6,8,10H2,1H3,(H,20,21)/t15-,16-,23+/m0/s1. The molecule has 0 saturated heterocycles.